The van der Waals surface area contributed by atoms with Crippen molar-refractivity contribution in [2.75, 3.05) is 26.7 Å². The Kier molecular flexibility index (Phi) is 4.39. The number of carbonyl (C=O) groups is 2. The van der Waals surface area contributed by atoms with Crippen LogP contribution in [0.1, 0.15) is 10.4 Å². The van der Waals surface area contributed by atoms with Gasteiger partial charge < -0.3 is 15.0 Å². The minimum atomic E-state index is -0.181. The zero-order valence-corrected chi connectivity index (χ0v) is 11.3. The zero-order chi connectivity index (χ0) is 13.8. The highest BCUT2D eigenvalue weighted by Crippen LogP contribution is 2.09. The molecule has 1 N–H and O–H groups in total. The lowest BCUT2D eigenvalue weighted by atomic mass is 10.2. The van der Waals surface area contributed by atoms with Crippen molar-refractivity contribution in [3.05, 3.63) is 34.9 Å². The first-order valence-electron chi connectivity index (χ1n) is 5.95. The number of rotatable bonds is 3. The lowest BCUT2D eigenvalue weighted by Crippen LogP contribution is -2.48. The Morgan fingerprint density at radius 1 is 1.47 bits per heavy atom. The Hall–Kier alpha value is -1.59. The molecular weight excluding hydrogens is 268 g/mol. The summed E-state index contributed by atoms with van der Waals surface area (Å²) in [6, 6.07) is 6.66. The topological polar surface area (TPSA) is 58.6 Å². The van der Waals surface area contributed by atoms with Crippen molar-refractivity contribution in [2.24, 2.45) is 0 Å². The summed E-state index contributed by atoms with van der Waals surface area (Å²) in [6.07, 6.45) is -0.168. The second-order valence-electron chi connectivity index (χ2n) is 4.42. The summed E-state index contributed by atoms with van der Waals surface area (Å²) in [6.45, 7) is 0.927. The highest BCUT2D eigenvalue weighted by molar-refractivity contribution is 6.30. The smallest absolute Gasteiger partial charge is 0.251 e. The van der Waals surface area contributed by atoms with E-state index in [0.29, 0.717) is 23.7 Å². The number of hydrogen-bond acceptors (Lipinski definition) is 3. The Balaban J connectivity index is 1.84. The zero-order valence-electron chi connectivity index (χ0n) is 10.6. The Morgan fingerprint density at radius 2 is 2.16 bits per heavy atom. The van der Waals surface area contributed by atoms with E-state index >= 15 is 0 Å². The molecular formula is C13H15ClN2O3. The van der Waals surface area contributed by atoms with Crippen LogP contribution in [-0.2, 0) is 9.53 Å². The van der Waals surface area contributed by atoms with Gasteiger partial charge in [0.1, 0.15) is 6.61 Å². The molecule has 2 amide bonds. The van der Waals surface area contributed by atoms with Crippen LogP contribution in [0.4, 0.5) is 0 Å². The fraction of sp³-hybridized carbons (Fsp3) is 0.385. The van der Waals surface area contributed by atoms with Gasteiger partial charge in [0.15, 0.2) is 0 Å². The van der Waals surface area contributed by atoms with Crippen LogP contribution in [0.2, 0.25) is 5.02 Å². The monoisotopic (exact) mass is 282 g/mol. The first kappa shape index (κ1) is 13.8. The summed E-state index contributed by atoms with van der Waals surface area (Å²) in [4.78, 5) is 24.7. The normalized spacial score (nSPS) is 19.4. The van der Waals surface area contributed by atoms with E-state index in [1.165, 1.54) is 0 Å². The van der Waals surface area contributed by atoms with E-state index in [9.17, 15) is 9.59 Å². The molecule has 19 heavy (non-hydrogen) atoms. The minimum absolute atomic E-state index is 0.0414. The van der Waals surface area contributed by atoms with Crippen LogP contribution in [0.5, 0.6) is 0 Å². The molecule has 0 radical (unpaired) electrons. The summed E-state index contributed by atoms with van der Waals surface area (Å²) in [5.74, 6) is -0.222. The van der Waals surface area contributed by atoms with E-state index in [4.69, 9.17) is 16.3 Å². The average Bonchev–Trinajstić information content (AvgIpc) is 2.40. The number of carbonyl (C=O) groups excluding carboxylic acids is 2. The molecule has 2 rings (SSSR count). The summed E-state index contributed by atoms with van der Waals surface area (Å²) in [5.41, 5.74) is 0.546. The van der Waals surface area contributed by atoms with E-state index in [2.05, 4.69) is 5.32 Å². The molecule has 0 aliphatic carbocycles. The highest BCUT2D eigenvalue weighted by atomic mass is 35.5. The van der Waals surface area contributed by atoms with Gasteiger partial charge >= 0.3 is 0 Å². The second-order valence-corrected chi connectivity index (χ2v) is 4.86. The average molecular weight is 283 g/mol. The maximum atomic E-state index is 11.9. The molecule has 1 aromatic carbocycles. The number of halogens is 1. The van der Waals surface area contributed by atoms with Gasteiger partial charge in [-0.25, -0.2) is 0 Å². The number of nitrogens with one attached hydrogen (secondary N) is 1. The molecule has 1 aromatic rings. The van der Waals surface area contributed by atoms with E-state index in [-0.39, 0.29) is 24.5 Å². The molecule has 1 aliphatic rings. The highest BCUT2D eigenvalue weighted by Gasteiger charge is 2.23. The van der Waals surface area contributed by atoms with Gasteiger partial charge in [-0.15, -0.1) is 0 Å². The quantitative estimate of drug-likeness (QED) is 0.897. The van der Waals surface area contributed by atoms with Gasteiger partial charge in [-0.05, 0) is 24.3 Å². The van der Waals surface area contributed by atoms with E-state index in [1.54, 1.807) is 36.2 Å². The Morgan fingerprint density at radius 3 is 2.79 bits per heavy atom. The molecule has 1 aliphatic heterocycles. The molecule has 6 heteroatoms. The molecule has 1 fully saturated rings. The lowest BCUT2D eigenvalue weighted by Gasteiger charge is -2.29. The fourth-order valence-corrected chi connectivity index (χ4v) is 1.92. The van der Waals surface area contributed by atoms with Crippen LogP contribution in [-0.4, -0.2) is 49.6 Å². The van der Waals surface area contributed by atoms with Crippen molar-refractivity contribution in [3.8, 4) is 0 Å². The van der Waals surface area contributed by atoms with Gasteiger partial charge in [0.05, 0.1) is 6.10 Å². The summed E-state index contributed by atoms with van der Waals surface area (Å²) in [5, 5.41) is 3.37. The maximum Gasteiger partial charge on any atom is 0.251 e. The van der Waals surface area contributed by atoms with Gasteiger partial charge in [-0.3, -0.25) is 9.59 Å². The number of morpholine rings is 1. The predicted molar refractivity (Wildman–Crippen MR) is 71.2 cm³/mol. The Labute approximate surface area is 116 Å². The van der Waals surface area contributed by atoms with Crippen molar-refractivity contribution >= 4 is 23.4 Å². The minimum Gasteiger partial charge on any atom is -0.365 e. The van der Waals surface area contributed by atoms with Crippen molar-refractivity contribution in [2.45, 2.75) is 6.10 Å². The van der Waals surface area contributed by atoms with Crippen LogP contribution in [0, 0.1) is 0 Å². The molecule has 1 unspecified atom stereocenters. The fourth-order valence-electron chi connectivity index (χ4n) is 1.79. The van der Waals surface area contributed by atoms with Gasteiger partial charge in [-0.1, -0.05) is 11.6 Å². The van der Waals surface area contributed by atoms with Gasteiger partial charge in [0.25, 0.3) is 5.91 Å². The summed E-state index contributed by atoms with van der Waals surface area (Å²) >= 11 is 5.76. The Bertz CT molecular complexity index is 475. The van der Waals surface area contributed by atoms with Crippen LogP contribution in [0.25, 0.3) is 0 Å². The summed E-state index contributed by atoms with van der Waals surface area (Å²) in [7, 11) is 1.72. The number of amides is 2. The van der Waals surface area contributed by atoms with E-state index in [0.717, 1.165) is 0 Å². The molecule has 1 saturated heterocycles. The molecule has 1 atom stereocenters. The second kappa shape index (κ2) is 6.04. The third-order valence-corrected chi connectivity index (χ3v) is 3.19. The maximum absolute atomic E-state index is 11.9. The molecule has 0 saturated carbocycles. The number of benzene rings is 1. The number of ether oxygens (including phenoxy) is 1. The third-order valence-electron chi connectivity index (χ3n) is 2.94. The van der Waals surface area contributed by atoms with Crippen molar-refractivity contribution in [1.29, 1.82) is 0 Å². The molecule has 0 aromatic heterocycles. The van der Waals surface area contributed by atoms with Crippen LogP contribution < -0.4 is 5.32 Å². The van der Waals surface area contributed by atoms with Crippen molar-refractivity contribution in [1.82, 2.24) is 10.2 Å². The van der Waals surface area contributed by atoms with Crippen LogP contribution in [0.15, 0.2) is 24.3 Å². The number of hydrogen-bond donors (Lipinski definition) is 1. The van der Waals surface area contributed by atoms with Gasteiger partial charge in [0, 0.05) is 30.7 Å². The van der Waals surface area contributed by atoms with Gasteiger partial charge in [0.2, 0.25) is 5.91 Å². The number of nitrogens with zero attached hydrogens (tertiary/aromatic N) is 1. The number of likely N-dealkylation sites (N-methyl/N-ethyl adjacent to an activating group) is 1. The molecule has 0 bridgehead atoms. The molecule has 5 nitrogen and oxygen atoms in total. The first-order chi connectivity index (χ1) is 9.06. The van der Waals surface area contributed by atoms with Gasteiger partial charge in [-0.2, -0.15) is 0 Å². The van der Waals surface area contributed by atoms with Crippen molar-refractivity contribution in [3.63, 3.8) is 0 Å². The summed E-state index contributed by atoms with van der Waals surface area (Å²) < 4.78 is 5.34. The first-order valence-corrected chi connectivity index (χ1v) is 6.33. The molecule has 1 heterocycles. The van der Waals surface area contributed by atoms with Crippen LogP contribution >= 0.6 is 11.6 Å². The van der Waals surface area contributed by atoms with E-state index in [1.807, 2.05) is 0 Å². The third kappa shape index (κ3) is 3.68. The van der Waals surface area contributed by atoms with Crippen LogP contribution in [0.3, 0.4) is 0 Å². The van der Waals surface area contributed by atoms with Crippen molar-refractivity contribution < 1.29 is 14.3 Å². The molecule has 0 spiro atoms. The standard InChI is InChI=1S/C13H15ClN2O3/c1-16-7-11(19-8-12(16)17)6-15-13(18)9-2-4-10(14)5-3-9/h2-5,11H,6-8H2,1H3,(H,15,18). The SMILES string of the molecule is CN1CC(CNC(=O)c2ccc(Cl)cc2)OCC1=O. The predicted octanol–water partition coefficient (Wildman–Crippen LogP) is 0.927. The lowest BCUT2D eigenvalue weighted by molar-refractivity contribution is -0.146. The molecule has 102 valence electrons. The van der Waals surface area contributed by atoms with E-state index < -0.39 is 0 Å². The largest absolute Gasteiger partial charge is 0.365 e.